The number of ether oxygens (including phenoxy) is 1. The van der Waals surface area contributed by atoms with Crippen LogP contribution < -0.4 is 5.73 Å². The highest BCUT2D eigenvalue weighted by Crippen LogP contribution is 2.50. The molecule has 2 aromatic carbocycles. The van der Waals surface area contributed by atoms with Gasteiger partial charge in [0.1, 0.15) is 12.6 Å². The monoisotopic (exact) mass is 610 g/mol. The van der Waals surface area contributed by atoms with Gasteiger partial charge in [-0.3, -0.25) is 19.6 Å². The van der Waals surface area contributed by atoms with Gasteiger partial charge in [-0.05, 0) is 46.9 Å². The third-order valence-corrected chi connectivity index (χ3v) is 7.48. The van der Waals surface area contributed by atoms with E-state index in [9.17, 15) is 36.2 Å². The van der Waals surface area contributed by atoms with E-state index in [-0.39, 0.29) is 19.1 Å². The Kier molecular flexibility index (Phi) is 9.79. The minimum Gasteiger partial charge on any atom is -0.463 e. The predicted molar refractivity (Wildman–Crippen MR) is 146 cm³/mol. The van der Waals surface area contributed by atoms with Crippen LogP contribution in [0.2, 0.25) is 0 Å². The second-order valence-corrected chi connectivity index (χ2v) is 10.5. The molecule has 0 saturated carbocycles. The molecule has 2 heterocycles. The summed E-state index contributed by atoms with van der Waals surface area (Å²) in [6, 6.07) is 12.2. The third-order valence-electron chi connectivity index (χ3n) is 7.48. The fourth-order valence-corrected chi connectivity index (χ4v) is 5.20. The fourth-order valence-electron chi connectivity index (χ4n) is 5.20. The summed E-state index contributed by atoms with van der Waals surface area (Å²) in [6.45, 7) is 4.87. The molecule has 7 nitrogen and oxygen atoms in total. The van der Waals surface area contributed by atoms with Gasteiger partial charge in [0.15, 0.2) is 0 Å². The third kappa shape index (κ3) is 7.18. The first kappa shape index (κ1) is 32.4. The van der Waals surface area contributed by atoms with Crippen molar-refractivity contribution < 1.29 is 41.0 Å². The van der Waals surface area contributed by atoms with Gasteiger partial charge in [-0.1, -0.05) is 42.5 Å². The molecule has 1 saturated heterocycles. The summed E-state index contributed by atoms with van der Waals surface area (Å²) in [5, 5.41) is 9.65. The van der Waals surface area contributed by atoms with Crippen LogP contribution in [0.3, 0.4) is 0 Å². The fraction of sp³-hybridized carbons (Fsp3) is 0.400. The average Bonchev–Trinajstić information content (AvgIpc) is 2.96. The van der Waals surface area contributed by atoms with Crippen LogP contribution in [0.4, 0.5) is 26.3 Å². The number of hydrogen-bond donors (Lipinski definition) is 2. The Morgan fingerprint density at radius 1 is 0.953 bits per heavy atom. The number of nitrogens with two attached hydrogens (primary N) is 1. The Balaban J connectivity index is 1.48. The number of carbonyl (C=O) groups is 1. The molecule has 0 radical (unpaired) electrons. The van der Waals surface area contributed by atoms with E-state index in [0.29, 0.717) is 56.0 Å². The van der Waals surface area contributed by atoms with Crippen molar-refractivity contribution in [3.05, 3.63) is 89.2 Å². The molecule has 0 amide bonds. The maximum atomic E-state index is 13.2. The number of aryl methyl sites for hydroxylation is 1. The molecule has 43 heavy (non-hydrogen) atoms. The number of pyridine rings is 1. The maximum Gasteiger partial charge on any atom is 0.430 e. The quantitative estimate of drug-likeness (QED) is 0.271. The highest BCUT2D eigenvalue weighted by molar-refractivity contribution is 5.76. The van der Waals surface area contributed by atoms with E-state index < -0.39 is 29.6 Å². The van der Waals surface area contributed by atoms with Crippen LogP contribution in [-0.4, -0.2) is 77.0 Å². The van der Waals surface area contributed by atoms with E-state index in [1.54, 1.807) is 25.4 Å². The summed E-state index contributed by atoms with van der Waals surface area (Å²) in [6.07, 6.45) is -8.51. The van der Waals surface area contributed by atoms with E-state index in [0.717, 1.165) is 28.8 Å². The van der Waals surface area contributed by atoms with Gasteiger partial charge in [-0.15, -0.1) is 0 Å². The van der Waals surface area contributed by atoms with Crippen LogP contribution in [0.15, 0.2) is 67.0 Å². The number of aliphatic hydroxyl groups is 1. The number of rotatable bonds is 9. The van der Waals surface area contributed by atoms with Crippen molar-refractivity contribution >= 4 is 5.97 Å². The average molecular weight is 611 g/mol. The highest BCUT2D eigenvalue weighted by Gasteiger charge is 2.71. The number of piperazine rings is 1. The van der Waals surface area contributed by atoms with Gasteiger partial charge < -0.3 is 15.6 Å². The molecule has 0 bridgehead atoms. The topological polar surface area (TPSA) is 91.9 Å². The first-order valence-electron chi connectivity index (χ1n) is 13.5. The van der Waals surface area contributed by atoms with Crippen molar-refractivity contribution in [2.24, 2.45) is 5.73 Å². The Labute approximate surface area is 244 Å². The van der Waals surface area contributed by atoms with Crippen LogP contribution in [0.1, 0.15) is 22.3 Å². The molecule has 0 unspecified atom stereocenters. The first-order chi connectivity index (χ1) is 20.2. The van der Waals surface area contributed by atoms with Gasteiger partial charge in [-0.25, -0.2) is 0 Å². The van der Waals surface area contributed by atoms with Gasteiger partial charge in [0.05, 0.1) is 0 Å². The first-order valence-corrected chi connectivity index (χ1v) is 13.5. The van der Waals surface area contributed by atoms with Crippen LogP contribution in [0.25, 0.3) is 11.1 Å². The zero-order valence-electron chi connectivity index (χ0n) is 23.3. The standard InChI is InChI=1S/C30H32F6N4O3/c1-20-16-22(2-7-25(20)23-3-5-24(6-4-23)28(42,29(31,32)33)30(34,35)36)17-39-13-14-40(18-21-8-11-38-12-9-21)26(19-39)27(41)43-15-10-37/h2-9,11-12,16,26,42H,10,13-15,17-19,37H2,1H3/t26-/m1/s1. The molecule has 1 atom stereocenters. The van der Waals surface area contributed by atoms with Crippen molar-refractivity contribution in [1.29, 1.82) is 0 Å². The minimum atomic E-state index is -5.95. The number of benzene rings is 2. The van der Waals surface area contributed by atoms with Crippen LogP contribution in [0, 0.1) is 6.92 Å². The normalized spacial score (nSPS) is 17.2. The van der Waals surface area contributed by atoms with E-state index in [1.807, 2.05) is 24.3 Å². The Bertz CT molecular complexity index is 1370. The molecule has 1 fully saturated rings. The lowest BCUT2D eigenvalue weighted by Gasteiger charge is -2.40. The summed E-state index contributed by atoms with van der Waals surface area (Å²) in [5.41, 5.74) is 2.91. The van der Waals surface area contributed by atoms with Crippen LogP contribution in [-0.2, 0) is 28.2 Å². The molecule has 3 aromatic rings. The number of esters is 1. The number of carbonyl (C=O) groups excluding carboxylic acids is 1. The van der Waals surface area contributed by atoms with E-state index in [4.69, 9.17) is 10.5 Å². The van der Waals surface area contributed by atoms with Crippen molar-refractivity contribution in [3.63, 3.8) is 0 Å². The molecular formula is C30H32F6N4O3. The number of aromatic nitrogens is 1. The largest absolute Gasteiger partial charge is 0.463 e. The van der Waals surface area contributed by atoms with E-state index in [1.165, 1.54) is 0 Å². The maximum absolute atomic E-state index is 13.2. The number of halogens is 6. The van der Waals surface area contributed by atoms with Gasteiger partial charge in [0, 0.05) is 57.2 Å². The summed E-state index contributed by atoms with van der Waals surface area (Å²) in [4.78, 5) is 21.1. The number of hydrogen-bond acceptors (Lipinski definition) is 7. The summed E-state index contributed by atoms with van der Waals surface area (Å²) in [7, 11) is 0. The summed E-state index contributed by atoms with van der Waals surface area (Å²) in [5.74, 6) is -0.359. The zero-order chi connectivity index (χ0) is 31.4. The molecule has 232 valence electrons. The molecule has 1 aliphatic rings. The molecule has 4 rings (SSSR count). The van der Waals surface area contributed by atoms with Gasteiger partial charge in [0.25, 0.3) is 5.60 Å². The minimum absolute atomic E-state index is 0.117. The van der Waals surface area contributed by atoms with Crippen molar-refractivity contribution in [2.45, 2.75) is 44.0 Å². The Hall–Kier alpha value is -3.52. The lowest BCUT2D eigenvalue weighted by Crippen LogP contribution is -2.56. The second-order valence-electron chi connectivity index (χ2n) is 10.5. The molecule has 13 heteroatoms. The predicted octanol–water partition coefficient (Wildman–Crippen LogP) is 4.56. The Morgan fingerprint density at radius 3 is 2.19 bits per heavy atom. The highest BCUT2D eigenvalue weighted by atomic mass is 19.4. The molecule has 0 spiro atoms. The number of alkyl halides is 6. The number of nitrogens with zero attached hydrogens (tertiary/aromatic N) is 3. The lowest BCUT2D eigenvalue weighted by atomic mass is 9.90. The van der Waals surface area contributed by atoms with Crippen LogP contribution >= 0.6 is 0 Å². The van der Waals surface area contributed by atoms with Crippen molar-refractivity contribution in [3.8, 4) is 11.1 Å². The van der Waals surface area contributed by atoms with Crippen molar-refractivity contribution in [1.82, 2.24) is 14.8 Å². The lowest BCUT2D eigenvalue weighted by molar-refractivity contribution is -0.376. The van der Waals surface area contributed by atoms with E-state index in [2.05, 4.69) is 14.8 Å². The van der Waals surface area contributed by atoms with Gasteiger partial charge in [-0.2, -0.15) is 26.3 Å². The molecule has 3 N–H and O–H groups in total. The summed E-state index contributed by atoms with van der Waals surface area (Å²) >= 11 is 0. The molecule has 1 aromatic heterocycles. The molecular weight excluding hydrogens is 578 g/mol. The van der Waals surface area contributed by atoms with E-state index >= 15 is 0 Å². The summed E-state index contributed by atoms with van der Waals surface area (Å²) < 4.78 is 84.8. The SMILES string of the molecule is Cc1cc(CN2CCN(Cc3ccncc3)[C@@H](C(=O)OCCN)C2)ccc1-c1ccc(C(O)(C(F)(F)F)C(F)(F)F)cc1. The van der Waals surface area contributed by atoms with Crippen LogP contribution in [0.5, 0.6) is 0 Å². The smallest absolute Gasteiger partial charge is 0.430 e. The zero-order valence-corrected chi connectivity index (χ0v) is 23.3. The van der Waals surface area contributed by atoms with Crippen molar-refractivity contribution in [2.75, 3.05) is 32.8 Å². The molecule has 0 aliphatic carbocycles. The Morgan fingerprint density at radius 2 is 1.60 bits per heavy atom. The molecule has 1 aliphatic heterocycles. The van der Waals surface area contributed by atoms with Gasteiger partial charge >= 0.3 is 18.3 Å². The van der Waals surface area contributed by atoms with Gasteiger partial charge in [0.2, 0.25) is 0 Å². The second kappa shape index (κ2) is 13.0.